The maximum atomic E-state index is 12.4. The minimum absolute atomic E-state index is 0.00514. The van der Waals surface area contributed by atoms with Gasteiger partial charge in [-0.2, -0.15) is 0 Å². The summed E-state index contributed by atoms with van der Waals surface area (Å²) in [7, 11) is 2.79. The summed E-state index contributed by atoms with van der Waals surface area (Å²) in [4.78, 5) is 0. The fourth-order valence-corrected chi connectivity index (χ4v) is 11.4. The van der Waals surface area contributed by atoms with E-state index in [-0.39, 0.29) is 35.7 Å². The lowest BCUT2D eigenvalue weighted by molar-refractivity contribution is -0.318. The average Bonchev–Trinajstić information content (AvgIpc) is 3.58. The third-order valence-corrected chi connectivity index (χ3v) is 14.1. The van der Waals surface area contributed by atoms with E-state index in [2.05, 4.69) is 46.8 Å². The Bertz CT molecular complexity index is 1340. The molecule has 8 N–H and O–H groups in total. The van der Waals surface area contributed by atoms with Gasteiger partial charge in [-0.3, -0.25) is 0 Å². The molecule has 4 aliphatic carbocycles. The van der Waals surface area contributed by atoms with Gasteiger partial charge in [-0.15, -0.1) is 0 Å². The van der Waals surface area contributed by atoms with Crippen LogP contribution >= 0.6 is 0 Å². The van der Waals surface area contributed by atoms with Crippen molar-refractivity contribution < 1.29 is 69.3 Å². The standard InChI is InChI=1S/C40H66O14/c1-18(2)8-9-19(3)28-25(51-38-33(48)36(50-7)30(45)26(16-41)52-38)15-22-27-21(11-13-40(22,28)5)39(4)12-10-20(42)14-23(39)29(44)35(27)54-37-32(47)31(46)34(53-37)24(43)17-49-6/h8-9,18-21,23-26,28-38,41-48H,10-17H2,1-7H3/b9-8+/t19-,20-,21+,23-,24-,25-,26-,28+,29+,30-,31-,32-,33-,34+,35-,36+,37+,38-,39-,40+/m1/s1. The van der Waals surface area contributed by atoms with E-state index in [1.165, 1.54) is 14.2 Å². The van der Waals surface area contributed by atoms with Gasteiger partial charge < -0.3 is 69.3 Å². The normalized spacial score (nSPS) is 49.3. The third kappa shape index (κ3) is 7.40. The lowest BCUT2D eigenvalue weighted by atomic mass is 9.47. The number of aliphatic hydroxyl groups is 8. The van der Waals surface area contributed by atoms with Crippen LogP contribution in [0.1, 0.15) is 73.1 Å². The highest BCUT2D eigenvalue weighted by Crippen LogP contribution is 2.67. The van der Waals surface area contributed by atoms with Crippen LogP contribution in [-0.2, 0) is 28.4 Å². The molecule has 0 aromatic heterocycles. The Kier molecular flexibility index (Phi) is 13.1. The van der Waals surface area contributed by atoms with Gasteiger partial charge in [0.25, 0.3) is 0 Å². The molecule has 6 rings (SSSR count). The van der Waals surface area contributed by atoms with Crippen LogP contribution in [0.25, 0.3) is 0 Å². The molecule has 20 atom stereocenters. The highest BCUT2D eigenvalue weighted by atomic mass is 16.7. The number of methoxy groups -OCH3 is 2. The molecule has 0 spiro atoms. The Morgan fingerprint density at radius 1 is 0.852 bits per heavy atom. The van der Waals surface area contributed by atoms with Crippen LogP contribution in [0.2, 0.25) is 0 Å². The predicted octanol–water partition coefficient (Wildman–Crippen LogP) is 0.788. The third-order valence-electron chi connectivity index (χ3n) is 14.1. The van der Waals surface area contributed by atoms with Crippen molar-refractivity contribution in [2.75, 3.05) is 27.4 Å². The Balaban J connectivity index is 1.44. The van der Waals surface area contributed by atoms with E-state index in [9.17, 15) is 40.9 Å². The number of allylic oxidation sites excluding steroid dienone is 2. The molecule has 14 nitrogen and oxygen atoms in total. The summed E-state index contributed by atoms with van der Waals surface area (Å²) in [5.74, 6) is -0.202. The molecule has 2 saturated heterocycles. The van der Waals surface area contributed by atoms with Gasteiger partial charge in [-0.05, 0) is 78.6 Å². The van der Waals surface area contributed by atoms with E-state index in [1.807, 2.05) is 0 Å². The van der Waals surface area contributed by atoms with Gasteiger partial charge >= 0.3 is 0 Å². The average molecular weight is 771 g/mol. The SMILES string of the molecule is COC[C@@H](O)[C@@H]1O[C@@H](O[C@@H]2C3=C4C[C@@H](O[C@@H]5O[C@H](CO)[C@@H](O)[C@H](OC)[C@H]5O)[C@H]([C@H](C)/C=C/C(C)C)[C@@]4(C)CC[C@@H]3[C@@]3(C)CC[C@@H](O)C[C@@H]3[C@@H]2O)[C@H](O)[C@H]1O. The quantitative estimate of drug-likeness (QED) is 0.129. The Morgan fingerprint density at radius 3 is 2.20 bits per heavy atom. The Morgan fingerprint density at radius 2 is 1.56 bits per heavy atom. The minimum atomic E-state index is -1.51. The minimum Gasteiger partial charge on any atom is -0.394 e. The predicted molar refractivity (Wildman–Crippen MR) is 193 cm³/mol. The van der Waals surface area contributed by atoms with Gasteiger partial charge in [0.15, 0.2) is 12.6 Å². The summed E-state index contributed by atoms with van der Waals surface area (Å²) in [6.45, 7) is 10.2. The zero-order chi connectivity index (χ0) is 39.4. The second-order valence-electron chi connectivity index (χ2n) is 17.8. The molecule has 54 heavy (non-hydrogen) atoms. The Hall–Kier alpha value is -1.08. The van der Waals surface area contributed by atoms with Crippen LogP contribution in [0.15, 0.2) is 23.3 Å². The van der Waals surface area contributed by atoms with Crippen molar-refractivity contribution in [3.8, 4) is 0 Å². The van der Waals surface area contributed by atoms with E-state index in [4.69, 9.17) is 28.4 Å². The molecule has 0 bridgehead atoms. The molecule has 3 saturated carbocycles. The molecule has 0 aromatic carbocycles. The second-order valence-corrected chi connectivity index (χ2v) is 17.8. The Labute approximate surface area is 319 Å². The van der Waals surface area contributed by atoms with Crippen molar-refractivity contribution in [2.45, 2.75) is 159 Å². The van der Waals surface area contributed by atoms with Gasteiger partial charge in [0, 0.05) is 20.1 Å². The van der Waals surface area contributed by atoms with E-state index in [1.54, 1.807) is 0 Å². The summed E-state index contributed by atoms with van der Waals surface area (Å²) >= 11 is 0. The molecule has 0 amide bonds. The molecule has 2 heterocycles. The summed E-state index contributed by atoms with van der Waals surface area (Å²) in [5.41, 5.74) is 1.13. The molecule has 0 unspecified atom stereocenters. The molecule has 2 aliphatic heterocycles. The smallest absolute Gasteiger partial charge is 0.187 e. The fourth-order valence-electron chi connectivity index (χ4n) is 11.4. The maximum Gasteiger partial charge on any atom is 0.187 e. The zero-order valence-electron chi connectivity index (χ0n) is 32.8. The van der Waals surface area contributed by atoms with E-state index < -0.39 is 97.8 Å². The number of hydrogen-bond donors (Lipinski definition) is 8. The number of aliphatic hydroxyl groups excluding tert-OH is 8. The number of fused-ring (bicyclic) bond motifs is 4. The highest BCUT2D eigenvalue weighted by molar-refractivity contribution is 5.40. The van der Waals surface area contributed by atoms with E-state index >= 15 is 0 Å². The van der Waals surface area contributed by atoms with Crippen molar-refractivity contribution >= 4 is 0 Å². The monoisotopic (exact) mass is 770 g/mol. The van der Waals surface area contributed by atoms with Crippen LogP contribution in [-0.4, -0.2) is 154 Å². The summed E-state index contributed by atoms with van der Waals surface area (Å²) in [6.07, 6.45) is -7.75. The van der Waals surface area contributed by atoms with E-state index in [0.29, 0.717) is 31.6 Å². The first-order valence-electron chi connectivity index (χ1n) is 19.9. The lowest BCUT2D eigenvalue weighted by Crippen LogP contribution is -2.60. The fraction of sp³-hybridized carbons (Fsp3) is 0.900. The summed E-state index contributed by atoms with van der Waals surface area (Å²) in [6, 6.07) is 0. The molecule has 5 fully saturated rings. The molecule has 6 aliphatic rings. The van der Waals surface area contributed by atoms with Crippen molar-refractivity contribution in [1.29, 1.82) is 0 Å². The topological polar surface area (TPSA) is 217 Å². The van der Waals surface area contributed by atoms with Gasteiger partial charge in [0.1, 0.15) is 54.9 Å². The number of hydrogen-bond acceptors (Lipinski definition) is 14. The van der Waals surface area contributed by atoms with Crippen molar-refractivity contribution in [3.05, 3.63) is 23.3 Å². The molecule has 0 aromatic rings. The maximum absolute atomic E-state index is 12.4. The van der Waals surface area contributed by atoms with Gasteiger partial charge in [0.2, 0.25) is 0 Å². The highest BCUT2D eigenvalue weighted by Gasteiger charge is 2.64. The van der Waals surface area contributed by atoms with E-state index in [0.717, 1.165) is 24.0 Å². The first-order valence-corrected chi connectivity index (χ1v) is 19.9. The molecule has 14 heteroatoms. The number of rotatable bonds is 12. The van der Waals surface area contributed by atoms with Crippen LogP contribution < -0.4 is 0 Å². The molecule has 0 radical (unpaired) electrons. The lowest BCUT2D eigenvalue weighted by Gasteiger charge is -2.60. The van der Waals surface area contributed by atoms with Gasteiger partial charge in [-0.1, -0.05) is 52.3 Å². The van der Waals surface area contributed by atoms with Crippen molar-refractivity contribution in [2.24, 2.45) is 40.4 Å². The van der Waals surface area contributed by atoms with Gasteiger partial charge in [-0.25, -0.2) is 0 Å². The summed E-state index contributed by atoms with van der Waals surface area (Å²) < 4.78 is 35.9. The first kappa shape index (κ1) is 42.5. The van der Waals surface area contributed by atoms with Crippen LogP contribution in [0.5, 0.6) is 0 Å². The van der Waals surface area contributed by atoms with Gasteiger partial charge in [0.05, 0.1) is 31.5 Å². The number of ether oxygens (including phenoxy) is 6. The van der Waals surface area contributed by atoms with Crippen LogP contribution in [0.4, 0.5) is 0 Å². The van der Waals surface area contributed by atoms with Crippen molar-refractivity contribution in [3.63, 3.8) is 0 Å². The van der Waals surface area contributed by atoms with Crippen LogP contribution in [0, 0.1) is 40.4 Å². The van der Waals surface area contributed by atoms with Crippen LogP contribution in [0.3, 0.4) is 0 Å². The zero-order valence-corrected chi connectivity index (χ0v) is 32.8. The largest absolute Gasteiger partial charge is 0.394 e. The molecule has 310 valence electrons. The summed E-state index contributed by atoms with van der Waals surface area (Å²) in [5, 5.41) is 88.1. The second kappa shape index (κ2) is 16.6. The first-order chi connectivity index (χ1) is 25.5. The molecular formula is C40H66O14. The van der Waals surface area contributed by atoms with Crippen molar-refractivity contribution in [1.82, 2.24) is 0 Å². The molecular weight excluding hydrogens is 704 g/mol.